The van der Waals surface area contributed by atoms with E-state index in [4.69, 9.17) is 4.74 Å². The number of rotatable bonds is 5. The van der Waals surface area contributed by atoms with Gasteiger partial charge in [-0.15, -0.1) is 0 Å². The lowest BCUT2D eigenvalue weighted by Gasteiger charge is -2.20. The van der Waals surface area contributed by atoms with Gasteiger partial charge in [-0.05, 0) is 50.5 Å². The number of imide groups is 1. The Morgan fingerprint density at radius 3 is 2.33 bits per heavy atom. The summed E-state index contributed by atoms with van der Waals surface area (Å²) in [6.07, 6.45) is 5.01. The minimum absolute atomic E-state index is 0.000873. The number of ether oxygens (including phenoxy) is 1. The number of hydrogen-bond acceptors (Lipinski definition) is 4. The van der Waals surface area contributed by atoms with Gasteiger partial charge in [0.05, 0.1) is 0 Å². The number of hydrogen-bond donors (Lipinski definition) is 0. The van der Waals surface area contributed by atoms with Gasteiger partial charge < -0.3 is 9.64 Å². The van der Waals surface area contributed by atoms with E-state index in [2.05, 4.69) is 18.7 Å². The summed E-state index contributed by atoms with van der Waals surface area (Å²) in [5, 5.41) is 0. The number of anilines is 1. The van der Waals surface area contributed by atoms with Crippen LogP contribution in [-0.4, -0.2) is 36.0 Å². The van der Waals surface area contributed by atoms with Crippen molar-refractivity contribution in [1.82, 2.24) is 4.90 Å². The minimum atomic E-state index is -0.530. The monoisotopic (exact) mass is 328 g/mol. The van der Waals surface area contributed by atoms with Crippen LogP contribution in [-0.2, 0) is 9.53 Å². The molecule has 1 saturated carbocycles. The fourth-order valence-corrected chi connectivity index (χ4v) is 3.48. The predicted octanol–water partition coefficient (Wildman–Crippen LogP) is 3.80. The van der Waals surface area contributed by atoms with Crippen molar-refractivity contribution in [2.45, 2.75) is 45.6 Å². The van der Waals surface area contributed by atoms with E-state index < -0.39 is 6.09 Å². The van der Waals surface area contributed by atoms with Crippen LogP contribution in [0.15, 0.2) is 30.0 Å². The van der Waals surface area contributed by atoms with Crippen LogP contribution in [0.5, 0.6) is 0 Å². The van der Waals surface area contributed by atoms with Crippen molar-refractivity contribution in [3.05, 3.63) is 35.6 Å². The molecule has 2 amide bonds. The summed E-state index contributed by atoms with van der Waals surface area (Å²) < 4.78 is 5.21. The zero-order valence-corrected chi connectivity index (χ0v) is 14.3. The van der Waals surface area contributed by atoms with Gasteiger partial charge in [-0.1, -0.05) is 25.0 Å². The Morgan fingerprint density at radius 1 is 1.12 bits per heavy atom. The zero-order chi connectivity index (χ0) is 17.1. The number of carbonyl (C=O) groups is 2. The molecule has 2 aliphatic rings. The summed E-state index contributed by atoms with van der Waals surface area (Å²) in [7, 11) is 0. The molecule has 0 N–H and O–H groups in total. The number of nitrogens with zero attached hydrogens (tertiary/aromatic N) is 2. The SMILES string of the molecule is CCN(CC)c1ccc(C=C2OC(=O)N(C3CCCC3)C2=O)cc1. The molecule has 0 atom stereocenters. The van der Waals surface area contributed by atoms with Gasteiger partial charge in [-0.2, -0.15) is 0 Å². The molecule has 1 heterocycles. The zero-order valence-electron chi connectivity index (χ0n) is 14.3. The first-order valence-corrected chi connectivity index (χ1v) is 8.76. The van der Waals surface area contributed by atoms with E-state index in [0.717, 1.165) is 50.0 Å². The summed E-state index contributed by atoms with van der Waals surface area (Å²) in [4.78, 5) is 28.1. The average molecular weight is 328 g/mol. The van der Waals surface area contributed by atoms with Gasteiger partial charge in [0.1, 0.15) is 0 Å². The van der Waals surface area contributed by atoms with Crippen molar-refractivity contribution in [3.8, 4) is 0 Å². The maximum atomic E-state index is 12.5. The highest BCUT2D eigenvalue weighted by Crippen LogP contribution is 2.30. The van der Waals surface area contributed by atoms with Gasteiger partial charge in [-0.25, -0.2) is 9.69 Å². The second kappa shape index (κ2) is 7.07. The molecular formula is C19H24N2O3. The molecule has 5 nitrogen and oxygen atoms in total. The third-order valence-electron chi connectivity index (χ3n) is 4.83. The lowest BCUT2D eigenvalue weighted by Crippen LogP contribution is -2.37. The fraction of sp³-hybridized carbons (Fsp3) is 0.474. The van der Waals surface area contributed by atoms with Crippen LogP contribution >= 0.6 is 0 Å². The fourth-order valence-electron chi connectivity index (χ4n) is 3.48. The van der Waals surface area contributed by atoms with Gasteiger partial charge in [0.25, 0.3) is 5.91 Å². The van der Waals surface area contributed by atoms with Crippen LogP contribution in [0.1, 0.15) is 45.1 Å². The van der Waals surface area contributed by atoms with Crippen molar-refractivity contribution in [3.63, 3.8) is 0 Å². The number of carbonyl (C=O) groups excluding carboxylic acids is 2. The highest BCUT2D eigenvalue weighted by atomic mass is 16.6. The van der Waals surface area contributed by atoms with Crippen LogP contribution in [0, 0.1) is 0 Å². The quantitative estimate of drug-likeness (QED) is 0.772. The van der Waals surface area contributed by atoms with Crippen LogP contribution < -0.4 is 4.90 Å². The molecule has 1 aromatic rings. The average Bonchev–Trinajstić information content (AvgIpc) is 3.19. The van der Waals surface area contributed by atoms with Crippen LogP contribution in [0.4, 0.5) is 10.5 Å². The van der Waals surface area contributed by atoms with E-state index in [-0.39, 0.29) is 17.7 Å². The molecule has 2 fully saturated rings. The Labute approximate surface area is 142 Å². The summed E-state index contributed by atoms with van der Waals surface area (Å²) >= 11 is 0. The Kier molecular flexibility index (Phi) is 4.88. The highest BCUT2D eigenvalue weighted by molar-refractivity contribution is 6.10. The molecule has 0 aromatic heterocycles. The Hall–Kier alpha value is -2.30. The smallest absolute Gasteiger partial charge is 0.404 e. The molecule has 0 bridgehead atoms. The topological polar surface area (TPSA) is 49.9 Å². The Bertz CT molecular complexity index is 641. The van der Waals surface area contributed by atoms with E-state index in [0.29, 0.717) is 0 Å². The molecule has 1 saturated heterocycles. The number of amides is 2. The first-order chi connectivity index (χ1) is 11.6. The maximum absolute atomic E-state index is 12.5. The van der Waals surface area contributed by atoms with E-state index >= 15 is 0 Å². The molecule has 3 rings (SSSR count). The van der Waals surface area contributed by atoms with Gasteiger partial charge >= 0.3 is 6.09 Å². The maximum Gasteiger partial charge on any atom is 0.422 e. The second-order valence-electron chi connectivity index (χ2n) is 6.25. The van der Waals surface area contributed by atoms with Gasteiger partial charge in [0, 0.05) is 24.8 Å². The number of benzene rings is 1. The largest absolute Gasteiger partial charge is 0.422 e. The van der Waals surface area contributed by atoms with E-state index in [1.54, 1.807) is 6.08 Å². The molecule has 5 heteroatoms. The van der Waals surface area contributed by atoms with Crippen molar-refractivity contribution in [1.29, 1.82) is 0 Å². The van der Waals surface area contributed by atoms with Crippen molar-refractivity contribution in [2.24, 2.45) is 0 Å². The van der Waals surface area contributed by atoms with E-state index in [1.807, 2.05) is 24.3 Å². The highest BCUT2D eigenvalue weighted by Gasteiger charge is 2.41. The van der Waals surface area contributed by atoms with Gasteiger partial charge in [0.2, 0.25) is 0 Å². The summed E-state index contributed by atoms with van der Waals surface area (Å²) in [5.74, 6) is -0.179. The van der Waals surface area contributed by atoms with Crippen molar-refractivity contribution in [2.75, 3.05) is 18.0 Å². The Morgan fingerprint density at radius 2 is 1.75 bits per heavy atom. The molecule has 1 aromatic carbocycles. The van der Waals surface area contributed by atoms with E-state index in [1.165, 1.54) is 4.90 Å². The molecule has 1 aliphatic heterocycles. The van der Waals surface area contributed by atoms with Crippen molar-refractivity contribution >= 4 is 23.8 Å². The first-order valence-electron chi connectivity index (χ1n) is 8.76. The third kappa shape index (κ3) is 3.16. The number of cyclic esters (lactones) is 1. The van der Waals surface area contributed by atoms with Crippen molar-refractivity contribution < 1.29 is 14.3 Å². The molecule has 0 unspecified atom stereocenters. The lowest BCUT2D eigenvalue weighted by molar-refractivity contribution is -0.124. The Balaban J connectivity index is 1.76. The van der Waals surface area contributed by atoms with E-state index in [9.17, 15) is 9.59 Å². The molecule has 1 aliphatic carbocycles. The summed E-state index contributed by atoms with van der Waals surface area (Å²) in [6.45, 7) is 6.13. The summed E-state index contributed by atoms with van der Waals surface area (Å²) in [6, 6.07) is 7.94. The second-order valence-corrected chi connectivity index (χ2v) is 6.25. The molecular weight excluding hydrogens is 304 g/mol. The molecule has 128 valence electrons. The van der Waals surface area contributed by atoms with Crippen LogP contribution in [0.2, 0.25) is 0 Å². The first kappa shape index (κ1) is 16.6. The molecule has 24 heavy (non-hydrogen) atoms. The third-order valence-corrected chi connectivity index (χ3v) is 4.83. The van der Waals surface area contributed by atoms with Gasteiger partial charge in [-0.3, -0.25) is 4.79 Å². The predicted molar refractivity (Wildman–Crippen MR) is 93.6 cm³/mol. The van der Waals surface area contributed by atoms with Gasteiger partial charge in [0.15, 0.2) is 5.76 Å². The minimum Gasteiger partial charge on any atom is -0.404 e. The molecule has 0 spiro atoms. The summed E-state index contributed by atoms with van der Waals surface area (Å²) in [5.41, 5.74) is 2.00. The van der Waals surface area contributed by atoms with Crippen LogP contribution in [0.25, 0.3) is 6.08 Å². The molecule has 0 radical (unpaired) electrons. The normalized spacial score (nSPS) is 20.1. The van der Waals surface area contributed by atoms with Crippen LogP contribution in [0.3, 0.4) is 0 Å². The lowest BCUT2D eigenvalue weighted by atomic mass is 10.1. The standard InChI is InChI=1S/C19H24N2O3/c1-3-20(4-2)15-11-9-14(10-12-15)13-17-18(22)21(19(23)24-17)16-7-5-6-8-16/h9-13,16H,3-8H2,1-2H3.